The Morgan fingerprint density at radius 1 is 1.26 bits per heavy atom. The molecule has 0 fully saturated rings. The molecule has 4 nitrogen and oxygen atoms in total. The first-order chi connectivity index (χ1) is 8.90. The second-order valence-corrected chi connectivity index (χ2v) is 4.98. The number of halogens is 1. The average molecular weight is 267 g/mol. The van der Waals surface area contributed by atoms with Gasteiger partial charge in [0, 0.05) is 19.6 Å². The molecule has 0 heterocycles. The van der Waals surface area contributed by atoms with Crippen molar-refractivity contribution in [2.24, 2.45) is 5.73 Å². The summed E-state index contributed by atoms with van der Waals surface area (Å²) in [4.78, 5) is 15.7. The van der Waals surface area contributed by atoms with E-state index >= 15 is 0 Å². The van der Waals surface area contributed by atoms with Crippen molar-refractivity contribution in [1.82, 2.24) is 9.80 Å². The zero-order valence-electron chi connectivity index (χ0n) is 11.8. The Bertz CT molecular complexity index is 404. The molecule has 0 spiro atoms. The molecule has 1 aromatic rings. The molecule has 0 saturated carbocycles. The first-order valence-electron chi connectivity index (χ1n) is 6.33. The fourth-order valence-electron chi connectivity index (χ4n) is 1.69. The van der Waals surface area contributed by atoms with Crippen LogP contribution in [0.1, 0.15) is 12.5 Å². The SMILES string of the molecule is CC(N)C(=O)N(CCN(C)C)Cc1ccc(F)cc1. The maximum atomic E-state index is 12.9. The summed E-state index contributed by atoms with van der Waals surface area (Å²) < 4.78 is 12.9. The smallest absolute Gasteiger partial charge is 0.239 e. The van der Waals surface area contributed by atoms with E-state index in [0.717, 1.165) is 12.1 Å². The summed E-state index contributed by atoms with van der Waals surface area (Å²) in [6.45, 7) is 3.49. The minimum atomic E-state index is -0.525. The van der Waals surface area contributed by atoms with E-state index in [2.05, 4.69) is 0 Å². The monoisotopic (exact) mass is 267 g/mol. The van der Waals surface area contributed by atoms with Crippen molar-refractivity contribution < 1.29 is 9.18 Å². The van der Waals surface area contributed by atoms with Gasteiger partial charge in [-0.1, -0.05) is 12.1 Å². The molecule has 0 aromatic heterocycles. The minimum absolute atomic E-state index is 0.0915. The third kappa shape index (κ3) is 5.36. The number of nitrogens with two attached hydrogens (primary N) is 1. The van der Waals surface area contributed by atoms with Gasteiger partial charge in [-0.25, -0.2) is 4.39 Å². The van der Waals surface area contributed by atoms with Crippen molar-refractivity contribution in [3.05, 3.63) is 35.6 Å². The van der Waals surface area contributed by atoms with Gasteiger partial charge in [-0.15, -0.1) is 0 Å². The molecule has 1 amide bonds. The Hall–Kier alpha value is -1.46. The van der Waals surface area contributed by atoms with Gasteiger partial charge in [0.1, 0.15) is 5.82 Å². The van der Waals surface area contributed by atoms with Crippen molar-refractivity contribution in [2.45, 2.75) is 19.5 Å². The zero-order chi connectivity index (χ0) is 14.4. The standard InChI is InChI=1S/C14H22FN3O/c1-11(16)14(19)18(9-8-17(2)3)10-12-4-6-13(15)7-5-12/h4-7,11H,8-10,16H2,1-3H3. The van der Waals surface area contributed by atoms with Crippen LogP contribution >= 0.6 is 0 Å². The van der Waals surface area contributed by atoms with Crippen LogP contribution in [0.2, 0.25) is 0 Å². The predicted octanol–water partition coefficient (Wildman–Crippen LogP) is 1.06. The van der Waals surface area contributed by atoms with E-state index in [0.29, 0.717) is 13.1 Å². The normalized spacial score (nSPS) is 12.5. The molecule has 0 saturated heterocycles. The number of nitrogens with zero attached hydrogens (tertiary/aromatic N) is 2. The summed E-state index contributed by atoms with van der Waals surface area (Å²) in [5.41, 5.74) is 6.55. The number of carbonyl (C=O) groups is 1. The summed E-state index contributed by atoms with van der Waals surface area (Å²) in [5, 5.41) is 0. The molecule has 2 N–H and O–H groups in total. The van der Waals surface area contributed by atoms with E-state index in [1.807, 2.05) is 19.0 Å². The van der Waals surface area contributed by atoms with E-state index in [4.69, 9.17) is 5.73 Å². The highest BCUT2D eigenvalue weighted by atomic mass is 19.1. The van der Waals surface area contributed by atoms with Crippen LogP contribution in [-0.4, -0.2) is 48.9 Å². The number of rotatable bonds is 6. The number of amides is 1. The largest absolute Gasteiger partial charge is 0.336 e. The fourth-order valence-corrected chi connectivity index (χ4v) is 1.69. The van der Waals surface area contributed by atoms with Crippen LogP contribution in [0.4, 0.5) is 4.39 Å². The molecule has 0 aliphatic carbocycles. The Labute approximate surface area is 114 Å². The predicted molar refractivity (Wildman–Crippen MR) is 74.0 cm³/mol. The third-order valence-electron chi connectivity index (χ3n) is 2.81. The summed E-state index contributed by atoms with van der Waals surface area (Å²) in [6.07, 6.45) is 0. The molecule has 0 bridgehead atoms. The van der Waals surface area contributed by atoms with Gasteiger partial charge in [-0.3, -0.25) is 4.79 Å². The van der Waals surface area contributed by atoms with Crippen molar-refractivity contribution >= 4 is 5.91 Å². The van der Waals surface area contributed by atoms with Gasteiger partial charge in [-0.05, 0) is 38.7 Å². The van der Waals surface area contributed by atoms with Gasteiger partial charge in [0.2, 0.25) is 5.91 Å². The van der Waals surface area contributed by atoms with Crippen LogP contribution in [0.5, 0.6) is 0 Å². The van der Waals surface area contributed by atoms with Crippen molar-refractivity contribution in [1.29, 1.82) is 0 Å². The van der Waals surface area contributed by atoms with Crippen LogP contribution in [0.15, 0.2) is 24.3 Å². The first-order valence-corrected chi connectivity index (χ1v) is 6.33. The van der Waals surface area contributed by atoms with Crippen LogP contribution in [-0.2, 0) is 11.3 Å². The van der Waals surface area contributed by atoms with Crippen molar-refractivity contribution in [3.63, 3.8) is 0 Å². The molecule has 19 heavy (non-hydrogen) atoms. The molecule has 1 rings (SSSR count). The van der Waals surface area contributed by atoms with E-state index in [-0.39, 0.29) is 11.7 Å². The minimum Gasteiger partial charge on any atom is -0.336 e. The van der Waals surface area contributed by atoms with Crippen LogP contribution < -0.4 is 5.73 Å². The molecule has 1 aromatic carbocycles. The molecular formula is C14H22FN3O. The van der Waals surface area contributed by atoms with Gasteiger partial charge in [0.25, 0.3) is 0 Å². The molecule has 0 aliphatic rings. The van der Waals surface area contributed by atoms with Crippen LogP contribution in [0.25, 0.3) is 0 Å². The Kier molecular flexibility index (Phi) is 5.92. The molecule has 106 valence electrons. The van der Waals surface area contributed by atoms with Gasteiger partial charge in [-0.2, -0.15) is 0 Å². The number of carbonyl (C=O) groups excluding carboxylic acids is 1. The first kappa shape index (κ1) is 15.6. The molecule has 1 unspecified atom stereocenters. The Balaban J connectivity index is 2.72. The van der Waals surface area contributed by atoms with Gasteiger partial charge in [0.05, 0.1) is 6.04 Å². The Morgan fingerprint density at radius 3 is 2.32 bits per heavy atom. The average Bonchev–Trinajstić information content (AvgIpc) is 2.35. The highest BCUT2D eigenvalue weighted by Gasteiger charge is 2.17. The van der Waals surface area contributed by atoms with E-state index in [9.17, 15) is 9.18 Å². The summed E-state index contributed by atoms with van der Waals surface area (Å²) >= 11 is 0. The highest BCUT2D eigenvalue weighted by Crippen LogP contribution is 2.08. The lowest BCUT2D eigenvalue weighted by Crippen LogP contribution is -2.44. The lowest BCUT2D eigenvalue weighted by molar-refractivity contribution is -0.133. The zero-order valence-corrected chi connectivity index (χ0v) is 11.8. The van der Waals surface area contributed by atoms with Crippen molar-refractivity contribution in [2.75, 3.05) is 27.2 Å². The summed E-state index contributed by atoms with van der Waals surface area (Å²) in [5.74, 6) is -0.367. The molecular weight excluding hydrogens is 245 g/mol. The highest BCUT2D eigenvalue weighted by molar-refractivity contribution is 5.81. The second kappa shape index (κ2) is 7.21. The number of hydrogen-bond acceptors (Lipinski definition) is 3. The maximum absolute atomic E-state index is 12.9. The van der Waals surface area contributed by atoms with E-state index < -0.39 is 6.04 Å². The molecule has 0 aliphatic heterocycles. The van der Waals surface area contributed by atoms with Gasteiger partial charge in [0.15, 0.2) is 0 Å². The summed E-state index contributed by atoms with van der Waals surface area (Å²) in [7, 11) is 3.90. The van der Waals surface area contributed by atoms with Gasteiger partial charge < -0.3 is 15.5 Å². The lowest BCUT2D eigenvalue weighted by atomic mass is 10.2. The number of hydrogen-bond donors (Lipinski definition) is 1. The fraction of sp³-hybridized carbons (Fsp3) is 0.500. The molecule has 5 heteroatoms. The molecule has 1 atom stereocenters. The number of likely N-dealkylation sites (N-methyl/N-ethyl adjacent to an activating group) is 1. The third-order valence-corrected chi connectivity index (χ3v) is 2.81. The topological polar surface area (TPSA) is 49.6 Å². The maximum Gasteiger partial charge on any atom is 0.239 e. The van der Waals surface area contributed by atoms with Crippen molar-refractivity contribution in [3.8, 4) is 0 Å². The second-order valence-electron chi connectivity index (χ2n) is 4.98. The van der Waals surface area contributed by atoms with Crippen LogP contribution in [0.3, 0.4) is 0 Å². The summed E-state index contributed by atoms with van der Waals surface area (Å²) in [6, 6.07) is 5.65. The van der Waals surface area contributed by atoms with E-state index in [1.54, 1.807) is 24.0 Å². The van der Waals surface area contributed by atoms with E-state index in [1.165, 1.54) is 12.1 Å². The quantitative estimate of drug-likeness (QED) is 0.838. The van der Waals surface area contributed by atoms with Crippen LogP contribution in [0, 0.1) is 5.82 Å². The lowest BCUT2D eigenvalue weighted by Gasteiger charge is -2.26. The Morgan fingerprint density at radius 2 is 1.84 bits per heavy atom. The number of benzene rings is 1. The molecule has 0 radical (unpaired) electrons. The van der Waals surface area contributed by atoms with Gasteiger partial charge >= 0.3 is 0 Å².